The monoisotopic (exact) mass is 416 g/mol. The van der Waals surface area contributed by atoms with E-state index in [1.807, 2.05) is 29.4 Å². The number of benzene rings is 1. The summed E-state index contributed by atoms with van der Waals surface area (Å²) < 4.78 is 3.83. The molecule has 3 aromatic rings. The fourth-order valence-electron chi connectivity index (χ4n) is 2.89. The molecule has 6 nitrogen and oxygen atoms in total. The maximum absolute atomic E-state index is 6.17. The van der Waals surface area contributed by atoms with Crippen LogP contribution in [0.3, 0.4) is 0 Å². The Morgan fingerprint density at radius 3 is 2.61 bits per heavy atom. The zero-order valence-corrected chi connectivity index (χ0v) is 17.9. The molecule has 3 rings (SSSR count). The van der Waals surface area contributed by atoms with Crippen molar-refractivity contribution >= 4 is 34.6 Å². The van der Waals surface area contributed by atoms with Gasteiger partial charge in [0.1, 0.15) is 0 Å². The molecule has 0 spiro atoms. The first kappa shape index (κ1) is 20.4. The van der Waals surface area contributed by atoms with Crippen LogP contribution in [0.1, 0.15) is 28.9 Å². The molecule has 2 aromatic heterocycles. The highest BCUT2D eigenvalue weighted by Gasteiger charge is 2.08. The van der Waals surface area contributed by atoms with Crippen molar-refractivity contribution in [3.63, 3.8) is 0 Å². The molecule has 0 saturated carbocycles. The van der Waals surface area contributed by atoms with E-state index >= 15 is 0 Å². The largest absolute Gasteiger partial charge is 0.362 e. The minimum absolute atomic E-state index is 0.585. The predicted octanol–water partition coefficient (Wildman–Crippen LogP) is 4.08. The molecular formula is C20H25ClN6S. The molecule has 0 aliphatic rings. The summed E-state index contributed by atoms with van der Waals surface area (Å²) in [4.78, 5) is 0. The highest BCUT2D eigenvalue weighted by Crippen LogP contribution is 2.18. The fraction of sp³-hybridized carbons (Fsp3) is 0.350. The minimum Gasteiger partial charge on any atom is -0.362 e. The topological polar surface area (TPSA) is 59.7 Å². The molecular weight excluding hydrogens is 392 g/mol. The molecule has 0 aliphatic carbocycles. The number of nitrogens with one attached hydrogen (secondary N) is 2. The minimum atomic E-state index is 0.585. The van der Waals surface area contributed by atoms with Crippen LogP contribution < -0.4 is 10.6 Å². The standard InChI is InChI=1S/C20H25ClN6S/c1-14-5-7-17(8-6-14)12-26-13-18(11-23-26)24-20(28)22-9-4-10-27-16(3)19(21)15(2)25-27/h5-8,11,13H,4,9-10,12H2,1-3H3,(H2,22,24,28). The number of anilines is 1. The molecule has 0 amide bonds. The molecule has 0 aliphatic heterocycles. The summed E-state index contributed by atoms with van der Waals surface area (Å²) in [5.74, 6) is 0. The van der Waals surface area contributed by atoms with Crippen LogP contribution in [0.4, 0.5) is 5.69 Å². The van der Waals surface area contributed by atoms with Crippen LogP contribution in [0.5, 0.6) is 0 Å². The van der Waals surface area contributed by atoms with Crippen molar-refractivity contribution in [2.24, 2.45) is 0 Å². The van der Waals surface area contributed by atoms with E-state index in [-0.39, 0.29) is 0 Å². The average Bonchev–Trinajstić information content (AvgIpc) is 3.20. The third-order valence-electron chi connectivity index (χ3n) is 4.48. The number of nitrogens with zero attached hydrogens (tertiary/aromatic N) is 4. The van der Waals surface area contributed by atoms with E-state index in [0.717, 1.165) is 48.2 Å². The van der Waals surface area contributed by atoms with Crippen molar-refractivity contribution in [3.8, 4) is 0 Å². The van der Waals surface area contributed by atoms with Crippen molar-refractivity contribution in [1.29, 1.82) is 0 Å². The van der Waals surface area contributed by atoms with Gasteiger partial charge >= 0.3 is 0 Å². The quantitative estimate of drug-likeness (QED) is 0.449. The second-order valence-corrected chi connectivity index (χ2v) is 7.64. The number of thiocarbonyl (C=S) groups is 1. The van der Waals surface area contributed by atoms with Gasteiger partial charge in [0.05, 0.1) is 34.8 Å². The molecule has 28 heavy (non-hydrogen) atoms. The highest BCUT2D eigenvalue weighted by atomic mass is 35.5. The Labute approximate surface area is 175 Å². The van der Waals surface area contributed by atoms with Gasteiger partial charge in [-0.3, -0.25) is 9.36 Å². The lowest BCUT2D eigenvalue weighted by molar-refractivity contribution is 0.558. The smallest absolute Gasteiger partial charge is 0.170 e. The molecule has 0 atom stereocenters. The third-order valence-corrected chi connectivity index (χ3v) is 5.28. The number of rotatable bonds is 7. The zero-order chi connectivity index (χ0) is 20.1. The van der Waals surface area contributed by atoms with Crippen molar-refractivity contribution in [2.75, 3.05) is 11.9 Å². The Bertz CT molecular complexity index is 944. The lowest BCUT2D eigenvalue weighted by atomic mass is 10.1. The van der Waals surface area contributed by atoms with Gasteiger partial charge in [0.2, 0.25) is 0 Å². The van der Waals surface area contributed by atoms with E-state index in [4.69, 9.17) is 23.8 Å². The summed E-state index contributed by atoms with van der Waals surface area (Å²) in [6, 6.07) is 8.45. The molecule has 8 heteroatoms. The molecule has 0 radical (unpaired) electrons. The molecule has 0 fully saturated rings. The van der Waals surface area contributed by atoms with E-state index < -0.39 is 0 Å². The van der Waals surface area contributed by atoms with Crippen molar-refractivity contribution < 1.29 is 0 Å². The van der Waals surface area contributed by atoms with Crippen LogP contribution in [0.15, 0.2) is 36.7 Å². The van der Waals surface area contributed by atoms with Crippen molar-refractivity contribution in [1.82, 2.24) is 24.9 Å². The Hall–Kier alpha value is -2.38. The first-order valence-electron chi connectivity index (χ1n) is 9.24. The van der Waals surface area contributed by atoms with E-state index in [1.165, 1.54) is 11.1 Å². The molecule has 148 valence electrons. The summed E-state index contributed by atoms with van der Waals surface area (Å²) >= 11 is 11.5. The number of hydrogen-bond donors (Lipinski definition) is 2. The van der Waals surface area contributed by atoms with E-state index in [1.54, 1.807) is 6.20 Å². The van der Waals surface area contributed by atoms with Gasteiger partial charge in [0, 0.05) is 19.3 Å². The normalized spacial score (nSPS) is 10.9. The third kappa shape index (κ3) is 5.33. The SMILES string of the molecule is Cc1ccc(Cn2cc(NC(=S)NCCCn3nc(C)c(Cl)c3C)cn2)cc1. The zero-order valence-electron chi connectivity index (χ0n) is 16.4. The summed E-state index contributed by atoms with van der Waals surface area (Å²) in [6.45, 7) is 8.26. The van der Waals surface area contributed by atoms with Crippen LogP contribution in [-0.4, -0.2) is 31.2 Å². The Kier molecular flexibility index (Phi) is 6.70. The van der Waals surface area contributed by atoms with E-state index in [2.05, 4.69) is 52.0 Å². The van der Waals surface area contributed by atoms with Crippen molar-refractivity contribution in [2.45, 2.75) is 40.3 Å². The molecule has 1 aromatic carbocycles. The van der Waals surface area contributed by atoms with Gasteiger partial charge in [-0.15, -0.1) is 0 Å². The molecule has 2 heterocycles. The Morgan fingerprint density at radius 2 is 1.93 bits per heavy atom. The van der Waals surface area contributed by atoms with Gasteiger partial charge in [0.25, 0.3) is 0 Å². The molecule has 0 unspecified atom stereocenters. The lowest BCUT2D eigenvalue weighted by Gasteiger charge is -2.09. The summed E-state index contributed by atoms with van der Waals surface area (Å²) in [6.07, 6.45) is 4.62. The second kappa shape index (κ2) is 9.21. The molecule has 0 bridgehead atoms. The van der Waals surface area contributed by atoms with Crippen LogP contribution in [0.2, 0.25) is 5.02 Å². The maximum atomic E-state index is 6.17. The summed E-state index contributed by atoms with van der Waals surface area (Å²) in [7, 11) is 0. The van der Waals surface area contributed by atoms with E-state index in [9.17, 15) is 0 Å². The Morgan fingerprint density at radius 1 is 1.18 bits per heavy atom. The van der Waals surface area contributed by atoms with Gasteiger partial charge in [-0.2, -0.15) is 10.2 Å². The predicted molar refractivity (Wildman–Crippen MR) is 118 cm³/mol. The van der Waals surface area contributed by atoms with Crippen LogP contribution in [0.25, 0.3) is 0 Å². The molecule has 0 saturated heterocycles. The fourth-order valence-corrected chi connectivity index (χ4v) is 3.25. The highest BCUT2D eigenvalue weighted by molar-refractivity contribution is 7.80. The summed E-state index contributed by atoms with van der Waals surface area (Å²) in [5.41, 5.74) is 5.21. The van der Waals surface area contributed by atoms with Gasteiger partial charge in [-0.25, -0.2) is 0 Å². The van der Waals surface area contributed by atoms with E-state index in [0.29, 0.717) is 5.11 Å². The number of aromatic nitrogens is 4. The van der Waals surface area contributed by atoms with Gasteiger partial charge in [-0.1, -0.05) is 41.4 Å². The summed E-state index contributed by atoms with van der Waals surface area (Å²) in [5, 5.41) is 16.5. The van der Waals surface area contributed by atoms with Gasteiger partial charge < -0.3 is 10.6 Å². The average molecular weight is 417 g/mol. The van der Waals surface area contributed by atoms with Gasteiger partial charge in [-0.05, 0) is 45.0 Å². The van der Waals surface area contributed by atoms with Crippen LogP contribution in [0, 0.1) is 20.8 Å². The maximum Gasteiger partial charge on any atom is 0.170 e. The van der Waals surface area contributed by atoms with Crippen LogP contribution >= 0.6 is 23.8 Å². The first-order chi connectivity index (χ1) is 13.4. The molecule has 2 N–H and O–H groups in total. The van der Waals surface area contributed by atoms with Crippen molar-refractivity contribution in [3.05, 3.63) is 64.2 Å². The van der Waals surface area contributed by atoms with Gasteiger partial charge in [0.15, 0.2) is 5.11 Å². The lowest BCUT2D eigenvalue weighted by Crippen LogP contribution is -2.29. The number of aryl methyl sites for hydroxylation is 3. The number of hydrogen-bond acceptors (Lipinski definition) is 3. The second-order valence-electron chi connectivity index (χ2n) is 6.85. The van der Waals surface area contributed by atoms with Crippen LogP contribution in [-0.2, 0) is 13.1 Å². The first-order valence-corrected chi connectivity index (χ1v) is 10.0. The number of halogens is 1. The Balaban J connectivity index is 1.42.